The lowest BCUT2D eigenvalue weighted by molar-refractivity contribution is -0.137. The van der Waals surface area contributed by atoms with Crippen LogP contribution in [0.15, 0.2) is 36.5 Å². The molecule has 3 aromatic rings. The number of aromatic nitrogens is 2. The topological polar surface area (TPSA) is 20.2 Å². The molecule has 0 aliphatic carbocycles. The smallest absolute Gasteiger partial charge is 0.294 e. The quantitative estimate of drug-likeness (QED) is 0.603. The highest BCUT2D eigenvalue weighted by molar-refractivity contribution is 5.94. The van der Waals surface area contributed by atoms with E-state index >= 15 is 0 Å². The van der Waals surface area contributed by atoms with Crippen molar-refractivity contribution in [1.82, 2.24) is 9.61 Å². The Morgan fingerprint density at radius 3 is 2.62 bits per heavy atom. The number of fused-ring (bicyclic) bond motifs is 3. The summed E-state index contributed by atoms with van der Waals surface area (Å²) in [6, 6.07) is 8.41. The molecule has 3 rings (SSSR count). The van der Waals surface area contributed by atoms with Crippen LogP contribution in [0, 0.1) is 0 Å². The number of nitrogens with one attached hydrogen (secondary N) is 1. The molecule has 0 fully saturated rings. The van der Waals surface area contributed by atoms with E-state index in [-0.39, 0.29) is 0 Å². The molecule has 16 heavy (non-hydrogen) atoms. The van der Waals surface area contributed by atoms with Crippen molar-refractivity contribution in [3.05, 3.63) is 42.1 Å². The minimum atomic E-state index is -4.30. The van der Waals surface area contributed by atoms with Gasteiger partial charge in [0.2, 0.25) is 0 Å². The molecule has 0 radical (unpaired) electrons. The summed E-state index contributed by atoms with van der Waals surface area (Å²) >= 11 is 0. The van der Waals surface area contributed by atoms with Crippen LogP contribution >= 0.6 is 0 Å². The molecule has 0 aliphatic rings. The third-order valence-corrected chi connectivity index (χ3v) is 2.59. The van der Waals surface area contributed by atoms with Crippen molar-refractivity contribution < 1.29 is 13.2 Å². The number of H-pyrrole nitrogens is 1. The van der Waals surface area contributed by atoms with Gasteiger partial charge in [0.25, 0.3) is 0 Å². The van der Waals surface area contributed by atoms with Gasteiger partial charge in [0.05, 0.1) is 16.6 Å². The molecule has 5 heteroatoms. The van der Waals surface area contributed by atoms with Crippen molar-refractivity contribution in [2.75, 3.05) is 0 Å². The predicted octanol–water partition coefficient (Wildman–Crippen LogP) is 3.44. The summed E-state index contributed by atoms with van der Waals surface area (Å²) in [5, 5.41) is 3.68. The zero-order chi connectivity index (χ0) is 11.3. The van der Waals surface area contributed by atoms with Crippen molar-refractivity contribution in [3.63, 3.8) is 0 Å². The van der Waals surface area contributed by atoms with Gasteiger partial charge in [-0.25, -0.2) is 0 Å². The van der Waals surface area contributed by atoms with Crippen molar-refractivity contribution in [1.29, 1.82) is 0 Å². The van der Waals surface area contributed by atoms with Gasteiger partial charge in [-0.1, -0.05) is 18.2 Å². The fourth-order valence-electron chi connectivity index (χ4n) is 1.85. The van der Waals surface area contributed by atoms with E-state index in [0.717, 1.165) is 23.2 Å². The molecule has 0 bridgehead atoms. The predicted molar refractivity (Wildman–Crippen MR) is 54.3 cm³/mol. The molecule has 2 nitrogen and oxygen atoms in total. The normalized spacial score (nSPS) is 12.7. The van der Waals surface area contributed by atoms with Gasteiger partial charge in [0.1, 0.15) is 0 Å². The molecule has 0 unspecified atom stereocenters. The zero-order valence-corrected chi connectivity index (χ0v) is 8.05. The molecule has 0 atom stereocenters. The Kier molecular flexibility index (Phi) is 1.64. The second-order valence-corrected chi connectivity index (χ2v) is 3.64. The van der Waals surface area contributed by atoms with Crippen LogP contribution < -0.4 is 0 Å². The Hall–Kier alpha value is -1.91. The highest BCUT2D eigenvalue weighted by Crippen LogP contribution is 2.32. The van der Waals surface area contributed by atoms with Gasteiger partial charge in [-0.05, 0) is 12.1 Å². The molecule has 1 N–H and O–H groups in total. The summed E-state index contributed by atoms with van der Waals surface area (Å²) in [6.45, 7) is 0. The van der Waals surface area contributed by atoms with E-state index in [1.807, 2.05) is 12.1 Å². The van der Waals surface area contributed by atoms with E-state index in [2.05, 4.69) is 5.10 Å². The van der Waals surface area contributed by atoms with Crippen LogP contribution in [0.1, 0.15) is 5.56 Å². The average Bonchev–Trinajstić information content (AvgIpc) is 2.72. The summed E-state index contributed by atoms with van der Waals surface area (Å²) in [6.07, 6.45) is -3.23. The first-order chi connectivity index (χ1) is 7.55. The lowest BCUT2D eigenvalue weighted by Crippen LogP contribution is -2.02. The lowest BCUT2D eigenvalue weighted by atomic mass is 10.2. The first-order valence-electron chi connectivity index (χ1n) is 4.72. The van der Waals surface area contributed by atoms with Gasteiger partial charge in [-0.3, -0.25) is 9.61 Å². The molecular weight excluding hydrogens is 217 g/mol. The van der Waals surface area contributed by atoms with Crippen molar-refractivity contribution >= 4 is 16.4 Å². The van der Waals surface area contributed by atoms with Gasteiger partial charge in [0, 0.05) is 11.6 Å². The number of para-hydroxylation sites is 1. The number of halogens is 3. The van der Waals surface area contributed by atoms with E-state index in [9.17, 15) is 13.2 Å². The molecule has 2 heterocycles. The van der Waals surface area contributed by atoms with Crippen LogP contribution in [0.5, 0.6) is 0 Å². The number of benzene rings is 1. The molecule has 1 aromatic carbocycles. The van der Waals surface area contributed by atoms with E-state index in [1.54, 1.807) is 12.1 Å². The zero-order valence-electron chi connectivity index (χ0n) is 8.05. The van der Waals surface area contributed by atoms with Crippen molar-refractivity contribution in [2.45, 2.75) is 6.18 Å². The van der Waals surface area contributed by atoms with Gasteiger partial charge < -0.3 is 0 Å². The monoisotopic (exact) mass is 224 g/mol. The number of alkyl halides is 3. The number of hydrogen-bond donors (Lipinski definition) is 1. The van der Waals surface area contributed by atoms with Gasteiger partial charge >= 0.3 is 6.18 Å². The summed E-state index contributed by atoms with van der Waals surface area (Å²) in [7, 11) is 0. The molecule has 0 amide bonds. The largest absolute Gasteiger partial charge is 0.417 e. The van der Waals surface area contributed by atoms with Crippen LogP contribution in [0.3, 0.4) is 0 Å². The highest BCUT2D eigenvalue weighted by Gasteiger charge is 2.32. The van der Waals surface area contributed by atoms with E-state index in [4.69, 9.17) is 0 Å². The molecule has 2 aromatic heterocycles. The Morgan fingerprint density at radius 2 is 1.88 bits per heavy atom. The first kappa shape index (κ1) is 9.33. The third kappa shape index (κ3) is 1.21. The summed E-state index contributed by atoms with van der Waals surface area (Å²) in [5.74, 6) is 0. The fraction of sp³-hybridized carbons (Fsp3) is 0.0909. The van der Waals surface area contributed by atoms with Gasteiger partial charge in [-0.15, -0.1) is 0 Å². The maximum atomic E-state index is 12.5. The van der Waals surface area contributed by atoms with Crippen LogP contribution in [0.2, 0.25) is 0 Å². The molecule has 0 saturated heterocycles. The number of rotatable bonds is 0. The molecule has 0 aliphatic heterocycles. The molecule has 0 spiro atoms. The second-order valence-electron chi connectivity index (χ2n) is 3.64. The minimum Gasteiger partial charge on any atom is -0.294 e. The Bertz CT molecular complexity index is 661. The molecule has 82 valence electrons. The number of hydrogen-bond acceptors (Lipinski definition) is 0. The summed E-state index contributed by atoms with van der Waals surface area (Å²) in [4.78, 5) is 0. The van der Waals surface area contributed by atoms with Crippen LogP contribution in [0.4, 0.5) is 13.2 Å². The Balaban J connectivity index is 2.35. The van der Waals surface area contributed by atoms with E-state index < -0.39 is 11.7 Å². The third-order valence-electron chi connectivity index (χ3n) is 2.59. The Morgan fingerprint density at radius 1 is 1.12 bits per heavy atom. The fourth-order valence-corrected chi connectivity index (χ4v) is 1.85. The van der Waals surface area contributed by atoms with E-state index in [0.29, 0.717) is 5.52 Å². The van der Waals surface area contributed by atoms with E-state index in [1.165, 1.54) is 4.52 Å². The Labute approximate surface area is 88.3 Å². The van der Waals surface area contributed by atoms with Crippen LogP contribution in [0.25, 0.3) is 16.4 Å². The van der Waals surface area contributed by atoms with Gasteiger partial charge in [-0.2, -0.15) is 13.2 Å². The number of nitrogens with zero attached hydrogens (tertiary/aromatic N) is 1. The van der Waals surface area contributed by atoms with Crippen molar-refractivity contribution in [2.24, 2.45) is 0 Å². The standard InChI is InChI=1S/C11H7F3N2/c12-11(13,14)7-5-10-8-3-1-2-4-9(8)15-16(10)6-7/h1-6,15H. The van der Waals surface area contributed by atoms with Gasteiger partial charge in [0.15, 0.2) is 0 Å². The van der Waals surface area contributed by atoms with Crippen molar-refractivity contribution in [3.8, 4) is 0 Å². The lowest BCUT2D eigenvalue weighted by Gasteiger charge is -2.00. The van der Waals surface area contributed by atoms with Crippen LogP contribution in [-0.4, -0.2) is 9.61 Å². The maximum absolute atomic E-state index is 12.5. The highest BCUT2D eigenvalue weighted by atomic mass is 19.4. The van der Waals surface area contributed by atoms with Crippen LogP contribution in [-0.2, 0) is 6.18 Å². The molecule has 0 saturated carbocycles. The summed E-state index contributed by atoms with van der Waals surface area (Å²) < 4.78 is 38.8. The number of aromatic amines is 1. The minimum absolute atomic E-state index is 0.544. The second kappa shape index (κ2) is 2.81. The SMILES string of the molecule is FC(F)(F)c1cc2c3ccccc3[nH]n2c1. The summed E-state index contributed by atoms with van der Waals surface area (Å²) in [5.41, 5.74) is 0.735. The molecular formula is C11H7F3N2. The maximum Gasteiger partial charge on any atom is 0.417 e. The first-order valence-corrected chi connectivity index (χ1v) is 4.72. The average molecular weight is 224 g/mol.